The Hall–Kier alpha value is -3.02. The second-order valence-corrected chi connectivity index (χ2v) is 20.1. The van der Waals surface area contributed by atoms with Gasteiger partial charge in [-0.1, -0.05) is 73.6 Å². The fourth-order valence-corrected chi connectivity index (χ4v) is 11.6. The highest BCUT2D eigenvalue weighted by atomic mass is 16.2. The van der Waals surface area contributed by atoms with Crippen molar-refractivity contribution in [3.63, 3.8) is 0 Å². The minimum absolute atomic E-state index is 0.0173. The summed E-state index contributed by atoms with van der Waals surface area (Å²) >= 11 is 0. The molecule has 5 aliphatic carbocycles. The van der Waals surface area contributed by atoms with Crippen LogP contribution in [0, 0.1) is 27.6 Å². The van der Waals surface area contributed by atoms with E-state index in [9.17, 15) is 24.0 Å². The first-order valence-electron chi connectivity index (χ1n) is 21.9. The van der Waals surface area contributed by atoms with Crippen molar-refractivity contribution in [2.45, 2.75) is 193 Å². The van der Waals surface area contributed by atoms with Crippen LogP contribution in [-0.2, 0) is 28.8 Å². The molecule has 2 aliphatic heterocycles. The molecule has 4 N–H and O–H groups in total. The molecule has 306 valence electrons. The average molecular weight is 765 g/mol. The van der Waals surface area contributed by atoms with Crippen LogP contribution in [0.5, 0.6) is 0 Å². The number of fused-ring (bicyclic) bond motifs is 1. The Balaban J connectivity index is 1.13. The van der Waals surface area contributed by atoms with E-state index in [1.807, 2.05) is 27.7 Å². The van der Waals surface area contributed by atoms with E-state index in [2.05, 4.69) is 40.0 Å². The summed E-state index contributed by atoms with van der Waals surface area (Å²) < 4.78 is 0. The predicted octanol–water partition coefficient (Wildman–Crippen LogP) is 4.14. The highest BCUT2D eigenvalue weighted by molar-refractivity contribution is 6.38. The van der Waals surface area contributed by atoms with Crippen LogP contribution in [-0.4, -0.2) is 101 Å². The summed E-state index contributed by atoms with van der Waals surface area (Å²) in [5.74, 6) is -2.50. The van der Waals surface area contributed by atoms with Gasteiger partial charge in [-0.2, -0.15) is 0 Å². The number of hydrogen-bond acceptors (Lipinski definition) is 7. The van der Waals surface area contributed by atoms with Crippen LogP contribution in [0.25, 0.3) is 0 Å². The molecule has 2 spiro atoms. The number of Topliss-reactive ketones (excluding diaryl/α,β-unsaturated/α-hetero) is 1. The summed E-state index contributed by atoms with van der Waals surface area (Å²) in [7, 11) is 0. The Morgan fingerprint density at radius 3 is 2.00 bits per heavy atom. The molecule has 0 aromatic carbocycles. The van der Waals surface area contributed by atoms with Crippen molar-refractivity contribution in [2.24, 2.45) is 27.6 Å². The fourth-order valence-electron chi connectivity index (χ4n) is 11.6. The lowest BCUT2D eigenvalue weighted by molar-refractivity contribution is -0.145. The number of rotatable bonds is 14. The Bertz CT molecular complexity index is 1540. The molecule has 0 aromatic rings. The Morgan fingerprint density at radius 1 is 0.764 bits per heavy atom. The number of ketones is 1. The van der Waals surface area contributed by atoms with Gasteiger partial charge in [-0.05, 0) is 106 Å². The molecule has 12 nitrogen and oxygen atoms in total. The molecule has 55 heavy (non-hydrogen) atoms. The van der Waals surface area contributed by atoms with Crippen molar-refractivity contribution in [3.8, 4) is 0 Å². The number of nitrogens with zero attached hydrogens (tertiary/aromatic N) is 2. The van der Waals surface area contributed by atoms with E-state index in [4.69, 9.17) is 0 Å². The number of carbonyl (C=O) groups is 6. The standard InChI is InChI=1S/C43H68N6O6/c1-7-13-29(33(50)38(54)44-27-17-18-27)45-36(52)31-24-43(41(5,6)42(43)21-12-22-42)25-49(31)39(55)34(40(2,3)4)47-37(53)32(26-14-9-8-10-15-26)46-35(51)30-16-11-23-48(30)28-19-20-28/h26-32,34H,7-25H2,1-6H3,(H,44,54)(H,45,52)(H,46,51)(H,47,53)/t29-,30+,31?,32-,34+,43+/m0/s1. The van der Waals surface area contributed by atoms with Gasteiger partial charge in [0.2, 0.25) is 29.4 Å². The summed E-state index contributed by atoms with van der Waals surface area (Å²) in [6.45, 7) is 13.5. The van der Waals surface area contributed by atoms with Gasteiger partial charge in [-0.3, -0.25) is 33.7 Å². The number of nitrogens with one attached hydrogen (secondary N) is 4. The molecule has 0 bridgehead atoms. The zero-order chi connectivity index (χ0) is 39.5. The van der Waals surface area contributed by atoms with Crippen LogP contribution >= 0.6 is 0 Å². The number of hydrogen-bond donors (Lipinski definition) is 4. The Labute approximate surface area is 328 Å². The van der Waals surface area contributed by atoms with Crippen LogP contribution in [0.4, 0.5) is 0 Å². The molecule has 5 saturated carbocycles. The maximum absolute atomic E-state index is 15.1. The molecular formula is C43H68N6O6. The quantitative estimate of drug-likeness (QED) is 0.194. The van der Waals surface area contributed by atoms with E-state index in [-0.39, 0.29) is 52.0 Å². The largest absolute Gasteiger partial charge is 0.347 e. The second-order valence-electron chi connectivity index (χ2n) is 20.1. The molecule has 7 rings (SSSR count). The molecule has 2 saturated heterocycles. The molecule has 7 fully saturated rings. The number of likely N-dealkylation sites (tertiary alicyclic amines) is 2. The van der Waals surface area contributed by atoms with E-state index >= 15 is 4.79 Å². The Morgan fingerprint density at radius 2 is 1.44 bits per heavy atom. The SMILES string of the molecule is CCC[C@H](NC(=O)C1C[C@@]2(CN1C(=O)[C@@H](NC(=O)[C@@H](NC(=O)[C@H]1CCCN1C1CC1)C1CCCCC1)C(C)(C)C)C(C)(C)C21CCC1)C(=O)C(=O)NC1CC1. The first-order chi connectivity index (χ1) is 26.0. The molecule has 2 heterocycles. The van der Waals surface area contributed by atoms with Gasteiger partial charge >= 0.3 is 0 Å². The van der Waals surface area contributed by atoms with Crippen molar-refractivity contribution in [1.82, 2.24) is 31.1 Å². The van der Waals surface area contributed by atoms with Gasteiger partial charge in [0.1, 0.15) is 18.1 Å². The molecule has 5 amide bonds. The molecule has 1 unspecified atom stereocenters. The van der Waals surface area contributed by atoms with Gasteiger partial charge in [0.05, 0.1) is 12.1 Å². The van der Waals surface area contributed by atoms with Crippen molar-refractivity contribution in [2.75, 3.05) is 13.1 Å². The first-order valence-corrected chi connectivity index (χ1v) is 21.9. The van der Waals surface area contributed by atoms with Crippen LogP contribution < -0.4 is 21.3 Å². The highest BCUT2D eigenvalue weighted by Crippen LogP contribution is 2.88. The summed E-state index contributed by atoms with van der Waals surface area (Å²) in [5.41, 5.74) is -1.02. The normalized spacial score (nSPS) is 30.3. The van der Waals surface area contributed by atoms with E-state index in [1.54, 1.807) is 4.90 Å². The van der Waals surface area contributed by atoms with Gasteiger partial charge in [0.15, 0.2) is 0 Å². The molecule has 12 heteroatoms. The minimum Gasteiger partial charge on any atom is -0.347 e. The summed E-state index contributed by atoms with van der Waals surface area (Å²) in [5, 5.41) is 12.1. The van der Waals surface area contributed by atoms with Crippen LogP contribution in [0.15, 0.2) is 0 Å². The summed E-state index contributed by atoms with van der Waals surface area (Å²) in [4.78, 5) is 88.3. The van der Waals surface area contributed by atoms with Gasteiger partial charge in [-0.15, -0.1) is 0 Å². The van der Waals surface area contributed by atoms with Gasteiger partial charge in [-0.25, -0.2) is 0 Å². The average Bonchev–Trinajstić information content (AvgIpc) is 4.08. The Kier molecular flexibility index (Phi) is 11.0. The topological polar surface area (TPSA) is 157 Å². The molecule has 0 radical (unpaired) electrons. The molecule has 6 atom stereocenters. The van der Waals surface area contributed by atoms with E-state index in [0.717, 1.165) is 96.4 Å². The third kappa shape index (κ3) is 7.35. The van der Waals surface area contributed by atoms with Gasteiger partial charge < -0.3 is 26.2 Å². The maximum atomic E-state index is 15.1. The van der Waals surface area contributed by atoms with Crippen molar-refractivity contribution < 1.29 is 28.8 Å². The van der Waals surface area contributed by atoms with Gasteiger partial charge in [0, 0.05) is 24.0 Å². The van der Waals surface area contributed by atoms with Crippen molar-refractivity contribution in [1.29, 1.82) is 0 Å². The molecule has 0 aromatic heterocycles. The molecular weight excluding hydrogens is 697 g/mol. The lowest BCUT2D eigenvalue weighted by Gasteiger charge is -2.38. The van der Waals surface area contributed by atoms with Crippen LogP contribution in [0.1, 0.15) is 151 Å². The van der Waals surface area contributed by atoms with E-state index in [0.29, 0.717) is 31.8 Å². The highest BCUT2D eigenvalue weighted by Gasteiger charge is 2.85. The predicted molar refractivity (Wildman–Crippen MR) is 208 cm³/mol. The zero-order valence-corrected chi connectivity index (χ0v) is 34.4. The molecule has 7 aliphatic rings. The van der Waals surface area contributed by atoms with Crippen molar-refractivity contribution >= 4 is 35.3 Å². The number of carbonyl (C=O) groups excluding carboxylic acids is 6. The summed E-state index contributed by atoms with van der Waals surface area (Å²) in [6, 6.07) is -3.29. The maximum Gasteiger partial charge on any atom is 0.289 e. The lowest BCUT2D eigenvalue weighted by atomic mass is 9.73. The van der Waals surface area contributed by atoms with Crippen LogP contribution in [0.3, 0.4) is 0 Å². The second kappa shape index (κ2) is 15.1. The third-order valence-electron chi connectivity index (χ3n) is 15.5. The van der Waals surface area contributed by atoms with Gasteiger partial charge in [0.25, 0.3) is 5.91 Å². The first kappa shape index (κ1) is 40.2. The number of amides is 5. The smallest absolute Gasteiger partial charge is 0.289 e. The lowest BCUT2D eigenvalue weighted by Crippen LogP contribution is -2.62. The third-order valence-corrected chi connectivity index (χ3v) is 15.5. The summed E-state index contributed by atoms with van der Waals surface area (Å²) in [6.07, 6.45) is 15.1. The fraction of sp³-hybridized carbons (Fsp3) is 0.860. The van der Waals surface area contributed by atoms with E-state index < -0.39 is 47.2 Å². The monoisotopic (exact) mass is 765 g/mol. The van der Waals surface area contributed by atoms with Crippen LogP contribution in [0.2, 0.25) is 0 Å². The van der Waals surface area contributed by atoms with Crippen molar-refractivity contribution in [3.05, 3.63) is 0 Å². The van der Waals surface area contributed by atoms with E-state index in [1.165, 1.54) is 0 Å². The zero-order valence-electron chi connectivity index (χ0n) is 34.4. The minimum atomic E-state index is -0.983.